The van der Waals surface area contributed by atoms with E-state index in [-0.39, 0.29) is 18.9 Å². The van der Waals surface area contributed by atoms with Crippen molar-refractivity contribution in [2.75, 3.05) is 13.2 Å². The first-order valence-electron chi connectivity index (χ1n) is 5.57. The summed E-state index contributed by atoms with van der Waals surface area (Å²) in [5.41, 5.74) is -0.291. The van der Waals surface area contributed by atoms with Gasteiger partial charge in [0.2, 0.25) is 10.0 Å². The summed E-state index contributed by atoms with van der Waals surface area (Å²) in [5, 5.41) is 4.91. The lowest BCUT2D eigenvalue weighted by atomic mass is 10.3. The van der Waals surface area contributed by atoms with E-state index < -0.39 is 40.0 Å². The maximum Gasteiger partial charge on any atom is 0.355 e. The fourth-order valence-corrected chi connectivity index (χ4v) is 2.15. The van der Waals surface area contributed by atoms with E-state index in [1.165, 1.54) is 0 Å². The van der Waals surface area contributed by atoms with E-state index in [0.29, 0.717) is 0 Å². The van der Waals surface area contributed by atoms with Gasteiger partial charge in [0.15, 0.2) is 0 Å². The van der Waals surface area contributed by atoms with Crippen LogP contribution in [0, 0.1) is 0 Å². The summed E-state index contributed by atoms with van der Waals surface area (Å²) in [4.78, 5) is 11.4. The number of ether oxygens (including phenoxy) is 2. The Morgan fingerprint density at radius 3 is 2.65 bits per heavy atom. The second-order valence-electron chi connectivity index (χ2n) is 4.21. The predicted molar refractivity (Wildman–Crippen MR) is 61.8 cm³/mol. The summed E-state index contributed by atoms with van der Waals surface area (Å²) < 4.78 is 57.8. The number of carbonyl (C=O) groups excluding carboxylic acids is 1. The van der Waals surface area contributed by atoms with Crippen LogP contribution in [-0.4, -0.2) is 44.7 Å². The molecule has 112 valence electrons. The highest BCUT2D eigenvalue weighted by Crippen LogP contribution is 2.17. The number of hydrogen-bond acceptors (Lipinski definition) is 5. The minimum Gasteiger partial charge on any atom is -0.453 e. The van der Waals surface area contributed by atoms with E-state index in [4.69, 9.17) is 14.6 Å². The Morgan fingerprint density at radius 1 is 1.55 bits per heavy atom. The van der Waals surface area contributed by atoms with Gasteiger partial charge in [-0.15, -0.1) is 0 Å². The van der Waals surface area contributed by atoms with Gasteiger partial charge in [0.05, 0.1) is 19.8 Å². The molecule has 0 aliphatic carbocycles. The molecule has 0 radical (unpaired) electrons. The smallest absolute Gasteiger partial charge is 0.355 e. The number of sulfonamides is 1. The van der Waals surface area contributed by atoms with Crippen LogP contribution in [0.25, 0.3) is 0 Å². The van der Waals surface area contributed by atoms with Crippen molar-refractivity contribution in [1.82, 2.24) is 4.57 Å². The van der Waals surface area contributed by atoms with E-state index in [1.807, 2.05) is 0 Å². The van der Waals surface area contributed by atoms with Crippen LogP contribution in [0.4, 0.5) is 8.78 Å². The predicted octanol–water partition coefficient (Wildman–Crippen LogP) is -0.0438. The van der Waals surface area contributed by atoms with Crippen molar-refractivity contribution in [1.29, 1.82) is 0 Å². The molecule has 1 aromatic heterocycles. The monoisotopic (exact) mass is 310 g/mol. The first-order chi connectivity index (χ1) is 9.27. The van der Waals surface area contributed by atoms with E-state index in [0.717, 1.165) is 16.8 Å². The number of rotatable bonds is 5. The molecule has 0 spiro atoms. The van der Waals surface area contributed by atoms with Gasteiger partial charge in [-0.05, 0) is 6.07 Å². The average Bonchev–Trinajstić information content (AvgIpc) is 2.65. The summed E-state index contributed by atoms with van der Waals surface area (Å²) in [6, 6.07) is 0.916. The van der Waals surface area contributed by atoms with Gasteiger partial charge in [0.1, 0.15) is 16.7 Å². The van der Waals surface area contributed by atoms with Crippen molar-refractivity contribution in [3.8, 4) is 0 Å². The van der Waals surface area contributed by atoms with Crippen LogP contribution in [0.3, 0.4) is 0 Å². The number of nitrogens with two attached hydrogens (primary N) is 1. The molecule has 10 heteroatoms. The van der Waals surface area contributed by atoms with E-state index in [9.17, 15) is 22.0 Å². The zero-order valence-electron chi connectivity index (χ0n) is 10.2. The number of primary sulfonamides is 1. The maximum absolute atomic E-state index is 12.4. The number of alkyl halides is 2. The molecule has 2 rings (SSSR count). The maximum atomic E-state index is 12.4. The van der Waals surface area contributed by atoms with Gasteiger partial charge in [0, 0.05) is 6.20 Å². The van der Waals surface area contributed by atoms with Crippen molar-refractivity contribution in [3.63, 3.8) is 0 Å². The minimum absolute atomic E-state index is 0.226. The number of hydrogen-bond donors (Lipinski definition) is 1. The Kier molecular flexibility index (Phi) is 4.06. The number of carbonyl (C=O) groups is 1. The normalized spacial score (nSPS) is 16.2. The van der Waals surface area contributed by atoms with Gasteiger partial charge in [0.25, 0.3) is 6.43 Å². The van der Waals surface area contributed by atoms with Crippen LogP contribution in [0.1, 0.15) is 10.5 Å². The Balaban J connectivity index is 2.28. The molecular weight excluding hydrogens is 298 g/mol. The van der Waals surface area contributed by atoms with Crippen LogP contribution in [0.15, 0.2) is 17.2 Å². The van der Waals surface area contributed by atoms with Crippen LogP contribution in [0.2, 0.25) is 0 Å². The minimum atomic E-state index is -4.09. The van der Waals surface area contributed by atoms with Crippen LogP contribution in [0.5, 0.6) is 0 Å². The van der Waals surface area contributed by atoms with E-state index in [1.54, 1.807) is 0 Å². The van der Waals surface area contributed by atoms with E-state index in [2.05, 4.69) is 0 Å². The van der Waals surface area contributed by atoms with Crippen molar-refractivity contribution in [2.45, 2.75) is 24.0 Å². The molecule has 1 aromatic rings. The zero-order valence-corrected chi connectivity index (χ0v) is 11.0. The van der Waals surface area contributed by atoms with Crippen molar-refractivity contribution in [2.24, 2.45) is 5.14 Å². The Hall–Kier alpha value is -1.52. The molecule has 0 aromatic carbocycles. The average molecular weight is 310 g/mol. The summed E-state index contributed by atoms with van der Waals surface area (Å²) in [7, 11) is -4.09. The quantitative estimate of drug-likeness (QED) is 0.769. The van der Waals surface area contributed by atoms with Crippen molar-refractivity contribution in [3.05, 3.63) is 18.0 Å². The molecule has 7 nitrogen and oxygen atoms in total. The highest BCUT2D eigenvalue weighted by atomic mass is 32.2. The SMILES string of the molecule is NS(=O)(=O)c1cc(C(=O)OC2COC2)n(CC(F)F)c1. The molecule has 0 unspecified atom stereocenters. The molecule has 1 aliphatic heterocycles. The zero-order chi connectivity index (χ0) is 14.9. The van der Waals surface area contributed by atoms with Gasteiger partial charge in [-0.3, -0.25) is 0 Å². The topological polar surface area (TPSA) is 101 Å². The highest BCUT2D eigenvalue weighted by Gasteiger charge is 2.27. The molecule has 2 heterocycles. The molecule has 2 N–H and O–H groups in total. The van der Waals surface area contributed by atoms with E-state index >= 15 is 0 Å². The van der Waals surface area contributed by atoms with Gasteiger partial charge in [-0.25, -0.2) is 27.1 Å². The third-order valence-electron chi connectivity index (χ3n) is 2.63. The van der Waals surface area contributed by atoms with Crippen molar-refractivity contribution >= 4 is 16.0 Å². The second-order valence-corrected chi connectivity index (χ2v) is 5.78. The van der Waals surface area contributed by atoms with Gasteiger partial charge in [-0.1, -0.05) is 0 Å². The first kappa shape index (κ1) is 14.9. The second kappa shape index (κ2) is 5.46. The fraction of sp³-hybridized carbons (Fsp3) is 0.500. The molecule has 1 aliphatic rings. The molecule has 20 heavy (non-hydrogen) atoms. The first-order valence-corrected chi connectivity index (χ1v) is 7.12. The number of halogens is 2. The lowest BCUT2D eigenvalue weighted by molar-refractivity contribution is -0.104. The molecule has 0 saturated carbocycles. The molecule has 1 saturated heterocycles. The molecule has 0 bridgehead atoms. The fourth-order valence-electron chi connectivity index (χ4n) is 1.60. The number of aromatic nitrogens is 1. The summed E-state index contributed by atoms with van der Waals surface area (Å²) in [5.74, 6) is -0.895. The molecule has 0 amide bonds. The van der Waals surface area contributed by atoms with Crippen LogP contribution < -0.4 is 5.14 Å². The van der Waals surface area contributed by atoms with Gasteiger partial charge < -0.3 is 14.0 Å². The van der Waals surface area contributed by atoms with Gasteiger partial charge >= 0.3 is 5.97 Å². The summed E-state index contributed by atoms with van der Waals surface area (Å²) >= 11 is 0. The summed E-state index contributed by atoms with van der Waals surface area (Å²) in [6.07, 6.45) is -2.32. The van der Waals surface area contributed by atoms with Crippen LogP contribution in [-0.2, 0) is 26.0 Å². The highest BCUT2D eigenvalue weighted by molar-refractivity contribution is 7.89. The standard InChI is InChI=1S/C10H12F2N2O5S/c11-9(12)3-14-2-7(20(13,16)17)1-8(14)10(15)19-6-4-18-5-6/h1-2,6,9H,3-5H2,(H2,13,16,17). The lowest BCUT2D eigenvalue weighted by Crippen LogP contribution is -2.38. The Morgan fingerprint density at radius 2 is 2.20 bits per heavy atom. The third-order valence-corrected chi connectivity index (χ3v) is 3.51. The molecule has 0 atom stereocenters. The molecular formula is C10H12F2N2O5S. The summed E-state index contributed by atoms with van der Waals surface area (Å²) in [6.45, 7) is -0.381. The Bertz CT molecular complexity index is 609. The van der Waals surface area contributed by atoms with Gasteiger partial charge in [-0.2, -0.15) is 0 Å². The molecule has 1 fully saturated rings. The van der Waals surface area contributed by atoms with Crippen molar-refractivity contribution < 1.29 is 31.5 Å². The van der Waals surface area contributed by atoms with Crippen LogP contribution >= 0.6 is 0 Å². The number of nitrogens with zero attached hydrogens (tertiary/aromatic N) is 1. The number of esters is 1. The lowest BCUT2D eigenvalue weighted by Gasteiger charge is -2.25. The third kappa shape index (κ3) is 3.32. The largest absolute Gasteiger partial charge is 0.453 e. The Labute approximate surface area is 113 Å².